The minimum Gasteiger partial charge on any atom is -0.373 e. The number of rotatable bonds is 6. The zero-order valence-electron chi connectivity index (χ0n) is 16.1. The fourth-order valence-electron chi connectivity index (χ4n) is 4.75. The zero-order chi connectivity index (χ0) is 20.0. The molecule has 0 atom stereocenters. The predicted molar refractivity (Wildman–Crippen MR) is 111 cm³/mol. The Hall–Kier alpha value is -1.56. The molecule has 0 unspecified atom stereocenters. The molecule has 153 valence electrons. The Morgan fingerprint density at radius 2 is 1.90 bits per heavy atom. The van der Waals surface area contributed by atoms with E-state index in [1.54, 1.807) is 4.90 Å². The van der Waals surface area contributed by atoms with E-state index < -0.39 is 0 Å². The second-order valence-corrected chi connectivity index (χ2v) is 9.48. The minimum absolute atomic E-state index is 0.235. The molecule has 0 bridgehead atoms. The molecule has 2 aliphatic carbocycles. The molecule has 3 fully saturated rings. The lowest BCUT2D eigenvalue weighted by atomic mass is 9.61. The van der Waals surface area contributed by atoms with Crippen molar-refractivity contribution in [2.45, 2.75) is 57.2 Å². The van der Waals surface area contributed by atoms with Gasteiger partial charge in [-0.3, -0.25) is 4.79 Å². The highest BCUT2D eigenvalue weighted by Gasteiger charge is 2.46. The fourth-order valence-corrected chi connectivity index (χ4v) is 5.33. The molecule has 29 heavy (non-hydrogen) atoms. The summed E-state index contributed by atoms with van der Waals surface area (Å²) in [6.45, 7) is 2.08. The molecule has 1 aromatic carbocycles. The van der Waals surface area contributed by atoms with Gasteiger partial charge in [-0.05, 0) is 56.1 Å². The van der Waals surface area contributed by atoms with Gasteiger partial charge in [0.25, 0.3) is 0 Å². The van der Waals surface area contributed by atoms with E-state index >= 15 is 0 Å². The number of carbonyl (C=O) groups excluding carboxylic acids is 1. The predicted octanol–water partition coefficient (Wildman–Crippen LogP) is 5.35. The highest BCUT2D eigenvalue weighted by atomic mass is 35.5. The lowest BCUT2D eigenvalue weighted by molar-refractivity contribution is -0.106. The van der Waals surface area contributed by atoms with E-state index in [0.29, 0.717) is 39.2 Å². The van der Waals surface area contributed by atoms with Crippen LogP contribution in [-0.2, 0) is 16.1 Å². The summed E-state index contributed by atoms with van der Waals surface area (Å²) in [5, 5.41) is 5.46. The summed E-state index contributed by atoms with van der Waals surface area (Å²) in [6.07, 6.45) is 8.67. The maximum absolute atomic E-state index is 10.8. The monoisotopic (exact) mass is 433 g/mol. The number of hydrogen-bond donors (Lipinski definition) is 0. The van der Waals surface area contributed by atoms with Gasteiger partial charge >= 0.3 is 6.41 Å². The quantitative estimate of drug-likeness (QED) is 0.615. The van der Waals surface area contributed by atoms with E-state index in [2.05, 4.69) is 5.16 Å². The Morgan fingerprint density at radius 1 is 1.21 bits per heavy atom. The van der Waals surface area contributed by atoms with Crippen molar-refractivity contribution in [1.82, 2.24) is 10.1 Å². The van der Waals surface area contributed by atoms with Crippen LogP contribution in [0.15, 0.2) is 22.7 Å². The number of ether oxygens (including phenoxy) is 1. The standard InChI is InChI=1S/C22H23Cl2N2O3/c23-17-2-1-3-18(24)19(17)20-16(21(29-25-20)14-4-5-14)12-28-15-10-22(11-15)6-8-26(13-27)9-7-22/h1-3,14-15H,4-12H2. The number of piperidine rings is 1. The lowest BCUT2D eigenvalue weighted by Gasteiger charge is -2.51. The van der Waals surface area contributed by atoms with E-state index in [-0.39, 0.29) is 6.10 Å². The zero-order valence-corrected chi connectivity index (χ0v) is 17.6. The molecule has 1 radical (unpaired) electrons. The largest absolute Gasteiger partial charge is 0.373 e. The first-order valence-corrected chi connectivity index (χ1v) is 11.0. The van der Waals surface area contributed by atoms with Gasteiger partial charge in [0, 0.05) is 30.1 Å². The number of halogens is 2. The van der Waals surface area contributed by atoms with E-state index in [1.165, 1.54) is 0 Å². The third-order valence-corrected chi connectivity index (χ3v) is 7.33. The molecule has 1 aliphatic heterocycles. The van der Waals surface area contributed by atoms with Crippen LogP contribution < -0.4 is 0 Å². The van der Waals surface area contributed by atoms with Gasteiger partial charge in [-0.2, -0.15) is 0 Å². The molecule has 2 aromatic rings. The number of aromatic nitrogens is 1. The molecule has 2 heterocycles. The molecule has 1 saturated heterocycles. The first-order chi connectivity index (χ1) is 14.1. The van der Waals surface area contributed by atoms with Crippen LogP contribution in [0.5, 0.6) is 0 Å². The van der Waals surface area contributed by atoms with Crippen molar-refractivity contribution in [2.75, 3.05) is 13.1 Å². The second-order valence-electron chi connectivity index (χ2n) is 8.66. The molecule has 0 N–H and O–H groups in total. The van der Waals surface area contributed by atoms with Crippen LogP contribution >= 0.6 is 23.2 Å². The van der Waals surface area contributed by atoms with Crippen molar-refractivity contribution in [3.63, 3.8) is 0 Å². The Balaban J connectivity index is 1.30. The minimum atomic E-state index is 0.235. The van der Waals surface area contributed by atoms with Crippen LogP contribution in [0, 0.1) is 5.41 Å². The smallest absolute Gasteiger partial charge is 0.312 e. The first kappa shape index (κ1) is 19.4. The molecule has 7 heteroatoms. The van der Waals surface area contributed by atoms with Gasteiger partial charge in [0.05, 0.1) is 22.8 Å². The average molecular weight is 434 g/mol. The van der Waals surface area contributed by atoms with Gasteiger partial charge in [-0.25, -0.2) is 0 Å². The molecule has 1 amide bonds. The Bertz CT molecular complexity index is 889. The van der Waals surface area contributed by atoms with Gasteiger partial charge < -0.3 is 14.2 Å². The number of benzene rings is 1. The van der Waals surface area contributed by atoms with Gasteiger partial charge in [-0.1, -0.05) is 34.4 Å². The lowest BCUT2D eigenvalue weighted by Crippen LogP contribution is -2.49. The highest BCUT2D eigenvalue weighted by molar-refractivity contribution is 6.39. The van der Waals surface area contributed by atoms with Crippen LogP contribution in [-0.4, -0.2) is 35.7 Å². The SMILES string of the molecule is O=[C]N1CCC2(CC1)CC(OCc1c(-c3c(Cl)cccc3Cl)noc1C1CC1)C2. The van der Waals surface area contributed by atoms with Gasteiger partial charge in [0.1, 0.15) is 11.5 Å². The van der Waals surface area contributed by atoms with Gasteiger partial charge in [0.15, 0.2) is 0 Å². The van der Waals surface area contributed by atoms with Crippen LogP contribution in [0.2, 0.25) is 10.0 Å². The topological polar surface area (TPSA) is 55.6 Å². The summed E-state index contributed by atoms with van der Waals surface area (Å²) < 4.78 is 12.0. The van der Waals surface area contributed by atoms with Crippen molar-refractivity contribution >= 4 is 29.6 Å². The van der Waals surface area contributed by atoms with E-state index in [9.17, 15) is 4.79 Å². The van der Waals surface area contributed by atoms with Crippen molar-refractivity contribution in [2.24, 2.45) is 5.41 Å². The van der Waals surface area contributed by atoms with Gasteiger partial charge in [-0.15, -0.1) is 0 Å². The van der Waals surface area contributed by atoms with Gasteiger partial charge in [0.2, 0.25) is 0 Å². The molecular formula is C22H23Cl2N2O3. The van der Waals surface area contributed by atoms with Crippen LogP contribution in [0.3, 0.4) is 0 Å². The maximum atomic E-state index is 10.8. The normalized spacial score (nSPS) is 21.4. The van der Waals surface area contributed by atoms with Crippen molar-refractivity contribution in [3.8, 4) is 11.3 Å². The molecule has 2 saturated carbocycles. The van der Waals surface area contributed by atoms with E-state index in [4.69, 9.17) is 32.5 Å². The van der Waals surface area contributed by atoms with Crippen molar-refractivity contribution in [1.29, 1.82) is 0 Å². The number of hydrogen-bond acceptors (Lipinski definition) is 4. The molecule has 5 rings (SSSR count). The molecule has 5 nitrogen and oxygen atoms in total. The summed E-state index contributed by atoms with van der Waals surface area (Å²) in [4.78, 5) is 12.6. The maximum Gasteiger partial charge on any atom is 0.312 e. The molecular weight excluding hydrogens is 411 g/mol. The fraction of sp³-hybridized carbons (Fsp3) is 0.545. The summed E-state index contributed by atoms with van der Waals surface area (Å²) in [5.41, 5.74) is 2.73. The number of nitrogens with zero attached hydrogens (tertiary/aromatic N) is 2. The second kappa shape index (κ2) is 7.60. The van der Waals surface area contributed by atoms with Crippen LogP contribution in [0.4, 0.5) is 0 Å². The summed E-state index contributed by atoms with van der Waals surface area (Å²) in [5.74, 6) is 1.34. The van der Waals surface area contributed by atoms with Crippen molar-refractivity contribution < 1.29 is 14.1 Å². The average Bonchev–Trinajstić information content (AvgIpc) is 3.46. The number of amides is 1. The van der Waals surface area contributed by atoms with Crippen LogP contribution in [0.1, 0.15) is 55.8 Å². The summed E-state index contributed by atoms with van der Waals surface area (Å²) in [6, 6.07) is 5.46. The number of likely N-dealkylation sites (tertiary alicyclic amines) is 1. The third-order valence-electron chi connectivity index (χ3n) is 6.70. The molecule has 1 aromatic heterocycles. The third kappa shape index (κ3) is 3.69. The highest BCUT2D eigenvalue weighted by Crippen LogP contribution is 2.51. The molecule has 1 spiro atoms. The van der Waals surface area contributed by atoms with Crippen molar-refractivity contribution in [3.05, 3.63) is 39.6 Å². The first-order valence-electron chi connectivity index (χ1n) is 10.3. The van der Waals surface area contributed by atoms with Crippen LogP contribution in [0.25, 0.3) is 11.3 Å². The Morgan fingerprint density at radius 3 is 2.52 bits per heavy atom. The van der Waals surface area contributed by atoms with E-state index in [0.717, 1.165) is 62.9 Å². The molecule has 3 aliphatic rings. The summed E-state index contributed by atoms with van der Waals surface area (Å²) in [7, 11) is 0. The Kier molecular flexibility index (Phi) is 5.09. The summed E-state index contributed by atoms with van der Waals surface area (Å²) >= 11 is 12.8. The Labute approximate surface area is 180 Å². The van der Waals surface area contributed by atoms with E-state index in [1.807, 2.05) is 24.6 Å².